The van der Waals surface area contributed by atoms with E-state index in [-0.39, 0.29) is 0 Å². The molecule has 7 aromatic carbocycles. The Labute approximate surface area is 280 Å². The Morgan fingerprint density at radius 1 is 0.417 bits per heavy atom. The van der Waals surface area contributed by atoms with Crippen molar-refractivity contribution in [1.29, 1.82) is 0 Å². The van der Waals surface area contributed by atoms with E-state index in [1.165, 1.54) is 31.3 Å². The minimum Gasteiger partial charge on any atom is -0.451 e. The Bertz CT molecular complexity index is 2850. The molecule has 0 aliphatic carbocycles. The van der Waals surface area contributed by atoms with E-state index < -0.39 is 0 Å². The molecule has 0 amide bonds. The predicted molar refractivity (Wildman–Crippen MR) is 201 cm³/mol. The Morgan fingerprint density at radius 2 is 1.06 bits per heavy atom. The summed E-state index contributed by atoms with van der Waals surface area (Å²) >= 11 is 1.86. The van der Waals surface area contributed by atoms with E-state index in [2.05, 4.69) is 146 Å². The van der Waals surface area contributed by atoms with Crippen molar-refractivity contribution in [3.8, 4) is 44.6 Å². The zero-order valence-electron chi connectivity index (χ0n) is 25.7. The van der Waals surface area contributed by atoms with E-state index in [0.29, 0.717) is 5.58 Å². The Kier molecular flexibility index (Phi) is 6.05. The lowest BCUT2D eigenvalue weighted by Gasteiger charge is -2.09. The number of thiophene rings is 1. The van der Waals surface area contributed by atoms with Crippen LogP contribution in [0.4, 0.5) is 0 Å². The first-order chi connectivity index (χ1) is 23.8. The standard InChI is InChI=1S/C44H26N2OS/c1-2-11-27(12-3-1)37-25-38-41-43(47-42(38)35-19-5-4-17-33(35)37)40(45-26-46-41)31-16-9-14-29(24-31)28-13-8-15-30(23-28)32-20-10-21-36-34-18-6-7-22-39(34)48-44(32)36/h1-26H. The van der Waals surface area contributed by atoms with Crippen molar-refractivity contribution < 1.29 is 4.42 Å². The molecule has 0 N–H and O–H groups in total. The third kappa shape index (κ3) is 4.20. The Hall–Kier alpha value is -6.10. The number of nitrogens with zero attached hydrogens (tertiary/aromatic N) is 2. The van der Waals surface area contributed by atoms with E-state index in [9.17, 15) is 0 Å². The number of fused-ring (bicyclic) bond motifs is 8. The third-order valence-electron chi connectivity index (χ3n) is 9.39. The molecule has 0 unspecified atom stereocenters. The summed E-state index contributed by atoms with van der Waals surface area (Å²) in [6, 6.07) is 53.9. The molecule has 48 heavy (non-hydrogen) atoms. The van der Waals surface area contributed by atoms with Crippen LogP contribution in [-0.4, -0.2) is 9.97 Å². The van der Waals surface area contributed by atoms with Gasteiger partial charge in [0.1, 0.15) is 23.1 Å². The van der Waals surface area contributed by atoms with Gasteiger partial charge in [-0.2, -0.15) is 0 Å². The number of benzene rings is 7. The molecule has 0 aliphatic rings. The van der Waals surface area contributed by atoms with Gasteiger partial charge in [0.25, 0.3) is 0 Å². The summed E-state index contributed by atoms with van der Waals surface area (Å²) in [4.78, 5) is 9.54. The molecule has 0 aliphatic heterocycles. The number of rotatable bonds is 4. The molecule has 4 heteroatoms. The van der Waals surface area contributed by atoms with Gasteiger partial charge in [-0.15, -0.1) is 11.3 Å². The second-order valence-electron chi connectivity index (χ2n) is 12.2. The maximum Gasteiger partial charge on any atom is 0.180 e. The van der Waals surface area contributed by atoms with E-state index in [0.717, 1.165) is 60.8 Å². The molecule has 0 bridgehead atoms. The molecular formula is C44H26N2OS. The molecule has 10 aromatic rings. The Balaban J connectivity index is 1.11. The topological polar surface area (TPSA) is 38.9 Å². The first kappa shape index (κ1) is 27.1. The van der Waals surface area contributed by atoms with Crippen LogP contribution in [0.15, 0.2) is 162 Å². The molecule has 0 saturated carbocycles. The average Bonchev–Trinajstić information content (AvgIpc) is 3.74. The van der Waals surface area contributed by atoms with Gasteiger partial charge in [-0.3, -0.25) is 0 Å². The molecule has 0 saturated heterocycles. The fraction of sp³-hybridized carbons (Fsp3) is 0. The molecule has 3 nitrogen and oxygen atoms in total. The Morgan fingerprint density at radius 3 is 1.92 bits per heavy atom. The highest BCUT2D eigenvalue weighted by atomic mass is 32.1. The SMILES string of the molecule is c1ccc(-c2cc3c4ncnc(-c5cccc(-c6cccc(-c7cccc8c7sc7ccccc78)c6)c5)c4oc3c3ccccc23)cc1. The van der Waals surface area contributed by atoms with Crippen LogP contribution >= 0.6 is 11.3 Å². The zero-order chi connectivity index (χ0) is 31.6. The summed E-state index contributed by atoms with van der Waals surface area (Å²) in [7, 11) is 0. The van der Waals surface area contributed by atoms with Gasteiger partial charge in [-0.25, -0.2) is 9.97 Å². The molecular weight excluding hydrogens is 605 g/mol. The minimum absolute atomic E-state index is 0.699. The third-order valence-corrected chi connectivity index (χ3v) is 10.6. The smallest absolute Gasteiger partial charge is 0.180 e. The van der Waals surface area contributed by atoms with E-state index in [1.807, 2.05) is 17.4 Å². The first-order valence-electron chi connectivity index (χ1n) is 16.1. The lowest BCUT2D eigenvalue weighted by molar-refractivity contribution is 0.671. The van der Waals surface area contributed by atoms with Crippen molar-refractivity contribution in [2.24, 2.45) is 0 Å². The van der Waals surface area contributed by atoms with Crippen LogP contribution < -0.4 is 0 Å². The molecule has 224 valence electrons. The number of hydrogen-bond acceptors (Lipinski definition) is 4. The fourth-order valence-corrected chi connectivity index (χ4v) is 8.39. The maximum absolute atomic E-state index is 6.71. The summed E-state index contributed by atoms with van der Waals surface area (Å²) in [6.07, 6.45) is 1.66. The first-order valence-corrected chi connectivity index (χ1v) is 16.9. The molecule has 3 aromatic heterocycles. The largest absolute Gasteiger partial charge is 0.451 e. The molecule has 0 fully saturated rings. The number of hydrogen-bond donors (Lipinski definition) is 0. The van der Waals surface area contributed by atoms with Crippen molar-refractivity contribution in [3.05, 3.63) is 158 Å². The van der Waals surface area contributed by atoms with E-state index >= 15 is 0 Å². The van der Waals surface area contributed by atoms with Gasteiger partial charge in [-0.05, 0) is 63.0 Å². The quantitative estimate of drug-likeness (QED) is 0.194. The van der Waals surface area contributed by atoms with Crippen LogP contribution in [0, 0.1) is 0 Å². The number of furan rings is 1. The van der Waals surface area contributed by atoms with Crippen LogP contribution in [0.3, 0.4) is 0 Å². The lowest BCUT2D eigenvalue weighted by Crippen LogP contribution is -1.88. The second kappa shape index (κ2) is 10.7. The van der Waals surface area contributed by atoms with Crippen molar-refractivity contribution in [1.82, 2.24) is 9.97 Å². The summed E-state index contributed by atoms with van der Waals surface area (Å²) in [5.41, 5.74) is 11.2. The molecule has 0 spiro atoms. The summed E-state index contributed by atoms with van der Waals surface area (Å²) in [6.45, 7) is 0. The molecule has 0 radical (unpaired) electrons. The predicted octanol–water partition coefficient (Wildman–Crippen LogP) is 12.6. The van der Waals surface area contributed by atoms with E-state index in [4.69, 9.17) is 14.4 Å². The van der Waals surface area contributed by atoms with Crippen LogP contribution in [0.1, 0.15) is 0 Å². The summed E-state index contributed by atoms with van der Waals surface area (Å²) in [5, 5.41) is 5.83. The van der Waals surface area contributed by atoms with Crippen LogP contribution in [0.25, 0.3) is 97.7 Å². The molecule has 10 rings (SSSR count). The van der Waals surface area contributed by atoms with Crippen molar-refractivity contribution in [2.75, 3.05) is 0 Å². The van der Waals surface area contributed by atoms with Gasteiger partial charge in [0.05, 0.1) is 0 Å². The molecule has 3 heterocycles. The van der Waals surface area contributed by atoms with Gasteiger partial charge >= 0.3 is 0 Å². The second-order valence-corrected chi connectivity index (χ2v) is 13.2. The fourth-order valence-electron chi connectivity index (χ4n) is 7.15. The van der Waals surface area contributed by atoms with Crippen molar-refractivity contribution >= 4 is 64.4 Å². The normalized spacial score (nSPS) is 11.8. The van der Waals surface area contributed by atoms with Crippen LogP contribution in [0.2, 0.25) is 0 Å². The van der Waals surface area contributed by atoms with Crippen molar-refractivity contribution in [2.45, 2.75) is 0 Å². The van der Waals surface area contributed by atoms with Crippen molar-refractivity contribution in [3.63, 3.8) is 0 Å². The van der Waals surface area contributed by atoms with E-state index in [1.54, 1.807) is 6.33 Å². The minimum atomic E-state index is 0.699. The van der Waals surface area contributed by atoms with Gasteiger partial charge in [-0.1, -0.05) is 127 Å². The van der Waals surface area contributed by atoms with Crippen LogP contribution in [-0.2, 0) is 0 Å². The zero-order valence-corrected chi connectivity index (χ0v) is 26.5. The average molecular weight is 631 g/mol. The van der Waals surface area contributed by atoms with Gasteiger partial charge < -0.3 is 4.42 Å². The monoisotopic (exact) mass is 630 g/mol. The number of aromatic nitrogens is 2. The molecule has 0 atom stereocenters. The summed E-state index contributed by atoms with van der Waals surface area (Å²) < 4.78 is 9.34. The lowest BCUT2D eigenvalue weighted by atomic mass is 9.95. The van der Waals surface area contributed by atoms with Gasteiger partial charge in [0.15, 0.2) is 5.58 Å². The highest BCUT2D eigenvalue weighted by Gasteiger charge is 2.19. The highest BCUT2D eigenvalue weighted by Crippen LogP contribution is 2.43. The van der Waals surface area contributed by atoms with Gasteiger partial charge in [0, 0.05) is 36.5 Å². The summed E-state index contributed by atoms with van der Waals surface area (Å²) in [5.74, 6) is 0. The maximum atomic E-state index is 6.71. The highest BCUT2D eigenvalue weighted by molar-refractivity contribution is 7.26. The van der Waals surface area contributed by atoms with Crippen LogP contribution in [0.5, 0.6) is 0 Å². The van der Waals surface area contributed by atoms with Gasteiger partial charge in [0.2, 0.25) is 0 Å².